The Bertz CT molecular complexity index is 552. The van der Waals surface area contributed by atoms with Crippen molar-refractivity contribution >= 4 is 11.4 Å². The smallest absolute Gasteiger partial charge is 0.119 e. The highest BCUT2D eigenvalue weighted by atomic mass is 16.5. The third kappa shape index (κ3) is 4.52. The van der Waals surface area contributed by atoms with Crippen LogP contribution in [0.25, 0.3) is 0 Å². The van der Waals surface area contributed by atoms with Gasteiger partial charge in [-0.2, -0.15) is 0 Å². The zero-order valence-corrected chi connectivity index (χ0v) is 13.4. The van der Waals surface area contributed by atoms with Crippen molar-refractivity contribution in [3.63, 3.8) is 0 Å². The van der Waals surface area contributed by atoms with Gasteiger partial charge < -0.3 is 10.1 Å². The van der Waals surface area contributed by atoms with E-state index in [4.69, 9.17) is 4.74 Å². The van der Waals surface area contributed by atoms with E-state index in [9.17, 15) is 0 Å². The lowest BCUT2D eigenvalue weighted by atomic mass is 10.1. The predicted molar refractivity (Wildman–Crippen MR) is 90.6 cm³/mol. The van der Waals surface area contributed by atoms with Crippen molar-refractivity contribution in [2.45, 2.75) is 34.1 Å². The van der Waals surface area contributed by atoms with Crippen LogP contribution in [0.3, 0.4) is 0 Å². The first kappa shape index (κ1) is 15.4. The molecule has 0 unspecified atom stereocenters. The van der Waals surface area contributed by atoms with Gasteiger partial charge in [0, 0.05) is 11.4 Å². The predicted octanol–water partition coefficient (Wildman–Crippen LogP) is 5.47. The van der Waals surface area contributed by atoms with Gasteiger partial charge >= 0.3 is 0 Å². The largest absolute Gasteiger partial charge is 0.494 e. The standard InChI is InChI=1S/C19H25NO/c1-14(2)12-13-21-18-10-8-17(9-11-18)20-19-15(3)6-5-7-16(19)4/h5-11,14,20H,12-13H2,1-4H3. The first-order valence-corrected chi connectivity index (χ1v) is 7.62. The normalized spacial score (nSPS) is 10.7. The number of ether oxygens (including phenoxy) is 1. The molecule has 0 aliphatic carbocycles. The van der Waals surface area contributed by atoms with E-state index in [0.29, 0.717) is 5.92 Å². The van der Waals surface area contributed by atoms with Crippen LogP contribution in [0.2, 0.25) is 0 Å². The first-order valence-electron chi connectivity index (χ1n) is 7.62. The Morgan fingerprint density at radius 2 is 1.57 bits per heavy atom. The van der Waals surface area contributed by atoms with Crippen LogP contribution in [0, 0.1) is 19.8 Å². The summed E-state index contributed by atoms with van der Waals surface area (Å²) in [7, 11) is 0. The molecule has 2 heteroatoms. The van der Waals surface area contributed by atoms with E-state index < -0.39 is 0 Å². The zero-order valence-electron chi connectivity index (χ0n) is 13.4. The molecular formula is C19H25NO. The summed E-state index contributed by atoms with van der Waals surface area (Å²) in [6.45, 7) is 9.45. The maximum Gasteiger partial charge on any atom is 0.119 e. The first-order chi connectivity index (χ1) is 10.1. The molecule has 2 rings (SSSR count). The summed E-state index contributed by atoms with van der Waals surface area (Å²) < 4.78 is 5.74. The molecule has 0 amide bonds. The molecule has 0 atom stereocenters. The number of nitrogens with one attached hydrogen (secondary N) is 1. The zero-order chi connectivity index (χ0) is 15.2. The van der Waals surface area contributed by atoms with E-state index in [1.165, 1.54) is 16.8 Å². The van der Waals surface area contributed by atoms with Crippen LogP contribution in [0.15, 0.2) is 42.5 Å². The van der Waals surface area contributed by atoms with E-state index in [2.05, 4.69) is 63.3 Å². The number of aryl methyl sites for hydroxylation is 2. The fraction of sp³-hybridized carbons (Fsp3) is 0.368. The maximum absolute atomic E-state index is 5.74. The number of rotatable bonds is 6. The van der Waals surface area contributed by atoms with Crippen molar-refractivity contribution < 1.29 is 4.74 Å². The minimum Gasteiger partial charge on any atom is -0.494 e. The molecule has 1 N–H and O–H groups in total. The third-order valence-electron chi connectivity index (χ3n) is 3.57. The van der Waals surface area contributed by atoms with Gasteiger partial charge in [-0.1, -0.05) is 32.0 Å². The van der Waals surface area contributed by atoms with Crippen LogP contribution >= 0.6 is 0 Å². The molecule has 0 saturated heterocycles. The molecule has 0 bridgehead atoms. The van der Waals surface area contributed by atoms with Crippen LogP contribution in [0.5, 0.6) is 5.75 Å². The lowest BCUT2D eigenvalue weighted by Gasteiger charge is -2.13. The SMILES string of the molecule is Cc1cccc(C)c1Nc1ccc(OCCC(C)C)cc1. The molecule has 0 fully saturated rings. The molecule has 112 valence electrons. The highest BCUT2D eigenvalue weighted by Gasteiger charge is 2.03. The van der Waals surface area contributed by atoms with E-state index in [1.54, 1.807) is 0 Å². The Morgan fingerprint density at radius 3 is 2.14 bits per heavy atom. The Hall–Kier alpha value is -1.96. The molecule has 0 spiro atoms. The van der Waals surface area contributed by atoms with Crippen LogP contribution in [0.1, 0.15) is 31.4 Å². The van der Waals surface area contributed by atoms with Crippen molar-refractivity contribution in [1.29, 1.82) is 0 Å². The van der Waals surface area contributed by atoms with Gasteiger partial charge in [0.1, 0.15) is 5.75 Å². The second-order valence-electron chi connectivity index (χ2n) is 5.95. The summed E-state index contributed by atoms with van der Waals surface area (Å²) in [5.41, 5.74) is 4.79. The number of hydrogen-bond acceptors (Lipinski definition) is 2. The van der Waals surface area contributed by atoms with Crippen molar-refractivity contribution in [3.05, 3.63) is 53.6 Å². The van der Waals surface area contributed by atoms with Crippen molar-refractivity contribution in [2.24, 2.45) is 5.92 Å². The molecule has 0 radical (unpaired) electrons. The Labute approximate surface area is 128 Å². The average molecular weight is 283 g/mol. The molecule has 2 aromatic carbocycles. The fourth-order valence-electron chi connectivity index (χ4n) is 2.20. The van der Waals surface area contributed by atoms with Gasteiger partial charge in [-0.05, 0) is 61.6 Å². The van der Waals surface area contributed by atoms with Crippen molar-refractivity contribution in [3.8, 4) is 5.75 Å². The molecule has 0 aliphatic rings. The van der Waals surface area contributed by atoms with E-state index in [1.807, 2.05) is 12.1 Å². The van der Waals surface area contributed by atoms with Crippen molar-refractivity contribution in [2.75, 3.05) is 11.9 Å². The van der Waals surface area contributed by atoms with E-state index in [0.717, 1.165) is 24.5 Å². The summed E-state index contributed by atoms with van der Waals surface area (Å²) in [6, 6.07) is 14.5. The van der Waals surface area contributed by atoms with Gasteiger partial charge in [0.2, 0.25) is 0 Å². The van der Waals surface area contributed by atoms with Gasteiger partial charge in [0.15, 0.2) is 0 Å². The van der Waals surface area contributed by atoms with Crippen LogP contribution in [-0.4, -0.2) is 6.61 Å². The van der Waals surface area contributed by atoms with E-state index in [-0.39, 0.29) is 0 Å². The van der Waals surface area contributed by atoms with Gasteiger partial charge in [-0.15, -0.1) is 0 Å². The lowest BCUT2D eigenvalue weighted by Crippen LogP contribution is -2.01. The van der Waals surface area contributed by atoms with Crippen LogP contribution in [0.4, 0.5) is 11.4 Å². The number of para-hydroxylation sites is 1. The van der Waals surface area contributed by atoms with Gasteiger partial charge in [-0.3, -0.25) is 0 Å². The molecule has 0 saturated carbocycles. The maximum atomic E-state index is 5.74. The molecule has 2 aromatic rings. The minimum atomic E-state index is 0.676. The molecule has 0 aromatic heterocycles. The van der Waals surface area contributed by atoms with E-state index >= 15 is 0 Å². The molecule has 2 nitrogen and oxygen atoms in total. The molecule has 0 heterocycles. The summed E-state index contributed by atoms with van der Waals surface area (Å²) in [5, 5.41) is 3.49. The average Bonchev–Trinajstić information content (AvgIpc) is 2.44. The summed E-state index contributed by atoms with van der Waals surface area (Å²) in [4.78, 5) is 0. The summed E-state index contributed by atoms with van der Waals surface area (Å²) >= 11 is 0. The fourth-order valence-corrected chi connectivity index (χ4v) is 2.20. The van der Waals surface area contributed by atoms with Crippen molar-refractivity contribution in [1.82, 2.24) is 0 Å². The van der Waals surface area contributed by atoms with Crippen LogP contribution in [-0.2, 0) is 0 Å². The number of benzene rings is 2. The molecule has 0 aliphatic heterocycles. The Morgan fingerprint density at radius 1 is 0.952 bits per heavy atom. The number of hydrogen-bond donors (Lipinski definition) is 1. The summed E-state index contributed by atoms with van der Waals surface area (Å²) in [5.74, 6) is 1.61. The molecular weight excluding hydrogens is 258 g/mol. The monoisotopic (exact) mass is 283 g/mol. The van der Waals surface area contributed by atoms with Gasteiger partial charge in [0.25, 0.3) is 0 Å². The van der Waals surface area contributed by atoms with Gasteiger partial charge in [0.05, 0.1) is 6.61 Å². The minimum absolute atomic E-state index is 0.676. The second-order valence-corrected chi connectivity index (χ2v) is 5.95. The third-order valence-corrected chi connectivity index (χ3v) is 3.57. The van der Waals surface area contributed by atoms with Crippen LogP contribution < -0.4 is 10.1 Å². The highest BCUT2D eigenvalue weighted by Crippen LogP contribution is 2.25. The number of anilines is 2. The Kier molecular flexibility index (Phi) is 5.26. The lowest BCUT2D eigenvalue weighted by molar-refractivity contribution is 0.289. The quantitative estimate of drug-likeness (QED) is 0.758. The second kappa shape index (κ2) is 7.16. The topological polar surface area (TPSA) is 21.3 Å². The molecule has 21 heavy (non-hydrogen) atoms. The summed E-state index contributed by atoms with van der Waals surface area (Å²) in [6.07, 6.45) is 1.09. The Balaban J connectivity index is 1.99. The van der Waals surface area contributed by atoms with Gasteiger partial charge in [-0.25, -0.2) is 0 Å². The highest BCUT2D eigenvalue weighted by molar-refractivity contribution is 5.66.